The first-order valence-electron chi connectivity index (χ1n) is 6.88. The van der Waals surface area contributed by atoms with Gasteiger partial charge in [-0.15, -0.1) is 0 Å². The van der Waals surface area contributed by atoms with Gasteiger partial charge in [-0.1, -0.05) is 6.92 Å². The minimum absolute atomic E-state index is 0.139. The average Bonchev–Trinajstić information content (AvgIpc) is 2.90. The summed E-state index contributed by atoms with van der Waals surface area (Å²) in [6.07, 6.45) is 3.20. The van der Waals surface area contributed by atoms with Crippen LogP contribution in [0.25, 0.3) is 0 Å². The number of carbonyl (C=O) groups is 1. The zero-order chi connectivity index (χ0) is 12.1. The van der Waals surface area contributed by atoms with Gasteiger partial charge in [0.25, 0.3) is 0 Å². The van der Waals surface area contributed by atoms with E-state index in [9.17, 15) is 4.79 Å². The third kappa shape index (κ3) is 3.42. The summed E-state index contributed by atoms with van der Waals surface area (Å²) in [5.41, 5.74) is 0. The zero-order valence-electron chi connectivity index (χ0n) is 10.8. The van der Waals surface area contributed by atoms with Crippen molar-refractivity contribution in [3.05, 3.63) is 0 Å². The Morgan fingerprint density at radius 2 is 2.12 bits per heavy atom. The molecule has 4 heteroatoms. The van der Waals surface area contributed by atoms with Gasteiger partial charge in [0.05, 0.1) is 12.5 Å². The Balaban J connectivity index is 1.72. The molecule has 1 unspecified atom stereocenters. The van der Waals surface area contributed by atoms with Crippen LogP contribution in [0.5, 0.6) is 0 Å². The van der Waals surface area contributed by atoms with E-state index in [0.29, 0.717) is 12.5 Å². The monoisotopic (exact) mass is 240 g/mol. The molecule has 17 heavy (non-hydrogen) atoms. The van der Waals surface area contributed by atoms with Gasteiger partial charge in [-0.25, -0.2) is 0 Å². The van der Waals surface area contributed by atoms with E-state index < -0.39 is 0 Å². The lowest BCUT2D eigenvalue weighted by atomic mass is 9.95. The largest absolute Gasteiger partial charge is 0.381 e. The van der Waals surface area contributed by atoms with Crippen LogP contribution >= 0.6 is 0 Å². The second kappa shape index (κ2) is 6.36. The molecule has 2 aliphatic rings. The van der Waals surface area contributed by atoms with Crippen LogP contribution in [-0.2, 0) is 9.53 Å². The first-order valence-corrected chi connectivity index (χ1v) is 6.88. The number of nitrogens with one attached hydrogen (secondary N) is 1. The fourth-order valence-electron chi connectivity index (χ4n) is 2.69. The molecule has 2 heterocycles. The van der Waals surface area contributed by atoms with Crippen molar-refractivity contribution < 1.29 is 9.53 Å². The molecule has 1 amide bonds. The SMILES string of the molecule is CCNCC1CCN(C(=O)C2CCOC2)CC1. The molecule has 0 saturated carbocycles. The van der Waals surface area contributed by atoms with Gasteiger partial charge in [0, 0.05) is 19.7 Å². The van der Waals surface area contributed by atoms with Crippen LogP contribution < -0.4 is 5.32 Å². The van der Waals surface area contributed by atoms with Crippen molar-refractivity contribution >= 4 is 5.91 Å². The van der Waals surface area contributed by atoms with Crippen molar-refractivity contribution in [1.82, 2.24) is 10.2 Å². The summed E-state index contributed by atoms with van der Waals surface area (Å²) in [7, 11) is 0. The van der Waals surface area contributed by atoms with Crippen molar-refractivity contribution in [2.24, 2.45) is 11.8 Å². The van der Waals surface area contributed by atoms with E-state index in [2.05, 4.69) is 12.2 Å². The summed E-state index contributed by atoms with van der Waals surface area (Å²) >= 11 is 0. The van der Waals surface area contributed by atoms with Gasteiger partial charge in [0.15, 0.2) is 0 Å². The van der Waals surface area contributed by atoms with E-state index >= 15 is 0 Å². The average molecular weight is 240 g/mol. The number of hydrogen-bond donors (Lipinski definition) is 1. The van der Waals surface area contributed by atoms with Gasteiger partial charge < -0.3 is 15.0 Å². The Labute approximate surface area is 104 Å². The summed E-state index contributed by atoms with van der Waals surface area (Å²) in [6.45, 7) is 7.54. The Bertz CT molecular complexity index is 244. The zero-order valence-corrected chi connectivity index (χ0v) is 10.8. The van der Waals surface area contributed by atoms with Gasteiger partial charge in [-0.05, 0) is 38.3 Å². The first-order chi connectivity index (χ1) is 8.31. The number of nitrogens with zero attached hydrogens (tertiary/aromatic N) is 1. The van der Waals surface area contributed by atoms with Crippen LogP contribution in [0.2, 0.25) is 0 Å². The van der Waals surface area contributed by atoms with Gasteiger partial charge in [0.2, 0.25) is 5.91 Å². The normalized spacial score (nSPS) is 26.4. The van der Waals surface area contributed by atoms with Gasteiger partial charge in [-0.3, -0.25) is 4.79 Å². The Morgan fingerprint density at radius 3 is 2.71 bits per heavy atom. The number of hydrogen-bond acceptors (Lipinski definition) is 3. The number of ether oxygens (including phenoxy) is 1. The topological polar surface area (TPSA) is 41.6 Å². The van der Waals surface area contributed by atoms with Gasteiger partial charge in [0.1, 0.15) is 0 Å². The maximum absolute atomic E-state index is 12.2. The Kier molecular flexibility index (Phi) is 4.80. The molecule has 4 nitrogen and oxygen atoms in total. The lowest BCUT2D eigenvalue weighted by Gasteiger charge is -2.33. The van der Waals surface area contributed by atoms with Crippen molar-refractivity contribution in [3.63, 3.8) is 0 Å². The molecule has 0 bridgehead atoms. The smallest absolute Gasteiger partial charge is 0.228 e. The summed E-state index contributed by atoms with van der Waals surface area (Å²) < 4.78 is 5.29. The molecular weight excluding hydrogens is 216 g/mol. The molecule has 1 atom stereocenters. The summed E-state index contributed by atoms with van der Waals surface area (Å²) in [5.74, 6) is 1.21. The second-order valence-electron chi connectivity index (χ2n) is 5.14. The molecular formula is C13H24N2O2. The number of amides is 1. The summed E-state index contributed by atoms with van der Waals surface area (Å²) in [4.78, 5) is 14.2. The number of likely N-dealkylation sites (tertiary alicyclic amines) is 1. The molecule has 0 aliphatic carbocycles. The highest BCUT2D eigenvalue weighted by atomic mass is 16.5. The van der Waals surface area contributed by atoms with Crippen molar-refractivity contribution in [2.45, 2.75) is 26.2 Å². The lowest BCUT2D eigenvalue weighted by Crippen LogP contribution is -2.43. The van der Waals surface area contributed by atoms with Crippen molar-refractivity contribution in [3.8, 4) is 0 Å². The van der Waals surface area contributed by atoms with E-state index in [4.69, 9.17) is 4.74 Å². The predicted molar refractivity (Wildman–Crippen MR) is 66.8 cm³/mol. The fourth-order valence-corrected chi connectivity index (χ4v) is 2.69. The van der Waals surface area contributed by atoms with E-state index in [0.717, 1.165) is 58.0 Å². The van der Waals surface area contributed by atoms with E-state index in [1.165, 1.54) is 0 Å². The number of carbonyl (C=O) groups excluding carboxylic acids is 1. The maximum Gasteiger partial charge on any atom is 0.228 e. The Hall–Kier alpha value is -0.610. The molecule has 0 aromatic carbocycles. The summed E-state index contributed by atoms with van der Waals surface area (Å²) in [6, 6.07) is 0. The highest BCUT2D eigenvalue weighted by Crippen LogP contribution is 2.21. The molecule has 0 spiro atoms. The molecule has 2 aliphatic heterocycles. The minimum atomic E-state index is 0.139. The third-order valence-electron chi connectivity index (χ3n) is 3.89. The minimum Gasteiger partial charge on any atom is -0.381 e. The fraction of sp³-hybridized carbons (Fsp3) is 0.923. The summed E-state index contributed by atoms with van der Waals surface area (Å²) in [5, 5.41) is 3.39. The molecule has 0 radical (unpaired) electrons. The predicted octanol–water partition coefficient (Wildman–Crippen LogP) is 0.871. The molecule has 2 saturated heterocycles. The van der Waals surface area contributed by atoms with Crippen LogP contribution in [0, 0.1) is 11.8 Å². The van der Waals surface area contributed by atoms with Crippen LogP contribution in [0.1, 0.15) is 26.2 Å². The molecule has 0 aromatic heterocycles. The van der Waals surface area contributed by atoms with Crippen LogP contribution in [0.4, 0.5) is 0 Å². The van der Waals surface area contributed by atoms with E-state index in [-0.39, 0.29) is 5.92 Å². The molecule has 2 fully saturated rings. The third-order valence-corrected chi connectivity index (χ3v) is 3.89. The quantitative estimate of drug-likeness (QED) is 0.793. The molecule has 2 rings (SSSR count). The molecule has 1 N–H and O–H groups in total. The number of piperidine rings is 1. The second-order valence-corrected chi connectivity index (χ2v) is 5.14. The Morgan fingerprint density at radius 1 is 1.35 bits per heavy atom. The van der Waals surface area contributed by atoms with Gasteiger partial charge in [-0.2, -0.15) is 0 Å². The first kappa shape index (κ1) is 12.8. The van der Waals surface area contributed by atoms with Crippen molar-refractivity contribution in [1.29, 1.82) is 0 Å². The highest BCUT2D eigenvalue weighted by molar-refractivity contribution is 5.79. The van der Waals surface area contributed by atoms with Crippen molar-refractivity contribution in [2.75, 3.05) is 39.4 Å². The lowest BCUT2D eigenvalue weighted by molar-refractivity contribution is -0.136. The number of rotatable bonds is 4. The standard InChI is InChI=1S/C13H24N2O2/c1-2-14-9-11-3-6-15(7-4-11)13(16)12-5-8-17-10-12/h11-12,14H,2-10H2,1H3. The maximum atomic E-state index is 12.2. The molecule has 98 valence electrons. The van der Waals surface area contributed by atoms with E-state index in [1.807, 2.05) is 4.90 Å². The van der Waals surface area contributed by atoms with Gasteiger partial charge >= 0.3 is 0 Å². The van der Waals surface area contributed by atoms with Crippen LogP contribution in [0.15, 0.2) is 0 Å². The van der Waals surface area contributed by atoms with Crippen LogP contribution in [0.3, 0.4) is 0 Å². The van der Waals surface area contributed by atoms with Crippen LogP contribution in [-0.4, -0.2) is 50.2 Å². The van der Waals surface area contributed by atoms with E-state index in [1.54, 1.807) is 0 Å². The molecule has 0 aromatic rings. The highest BCUT2D eigenvalue weighted by Gasteiger charge is 2.30.